The standard InChI is InChI=1S/C22H22N2O6S/c1-14(22(27)20-8-6-17(31-20)13-24-15(2)25)30-21(26)9-5-16-4-7-18(29-11-10-23)19(12-16)28-3/h4-9,12,14H,11,13H2,1-3H3,(H,24,25)/b9-5+. The first-order valence-electron chi connectivity index (χ1n) is 9.28. The minimum Gasteiger partial charge on any atom is -0.493 e. The van der Waals surface area contributed by atoms with Gasteiger partial charge >= 0.3 is 5.97 Å². The van der Waals surface area contributed by atoms with Crippen molar-refractivity contribution in [3.63, 3.8) is 0 Å². The van der Waals surface area contributed by atoms with E-state index in [1.165, 1.54) is 44.4 Å². The molecule has 1 aromatic carbocycles. The zero-order chi connectivity index (χ0) is 22.8. The number of carbonyl (C=O) groups is 3. The lowest BCUT2D eigenvalue weighted by Gasteiger charge is -2.10. The first kappa shape index (κ1) is 23.6. The second-order valence-electron chi connectivity index (χ2n) is 6.31. The fourth-order valence-corrected chi connectivity index (χ4v) is 3.43. The molecule has 0 aliphatic heterocycles. The summed E-state index contributed by atoms with van der Waals surface area (Å²) in [5.74, 6) is -0.308. The van der Waals surface area contributed by atoms with Crippen LogP contribution < -0.4 is 14.8 Å². The third-order valence-electron chi connectivity index (χ3n) is 3.97. The smallest absolute Gasteiger partial charge is 0.331 e. The molecule has 0 radical (unpaired) electrons. The molecular formula is C22H22N2O6S. The van der Waals surface area contributed by atoms with Gasteiger partial charge in [0.15, 0.2) is 24.2 Å². The number of nitriles is 1. The number of nitrogens with one attached hydrogen (secondary N) is 1. The number of hydrogen-bond donors (Lipinski definition) is 1. The molecule has 0 aliphatic carbocycles. The van der Waals surface area contributed by atoms with E-state index in [4.69, 9.17) is 19.5 Å². The van der Waals surface area contributed by atoms with Crippen molar-refractivity contribution in [3.8, 4) is 17.6 Å². The Morgan fingerprint density at radius 3 is 2.68 bits per heavy atom. The van der Waals surface area contributed by atoms with Crippen molar-refractivity contribution in [3.05, 3.63) is 51.7 Å². The Labute approximate surface area is 184 Å². The number of Topliss-reactive ketones (excluding diaryl/α,β-unsaturated/α-hetero) is 1. The molecule has 31 heavy (non-hydrogen) atoms. The summed E-state index contributed by atoms with van der Waals surface area (Å²) in [7, 11) is 1.47. The van der Waals surface area contributed by atoms with Gasteiger partial charge in [-0.25, -0.2) is 4.79 Å². The number of benzene rings is 1. The van der Waals surface area contributed by atoms with Crippen molar-refractivity contribution >= 4 is 35.1 Å². The van der Waals surface area contributed by atoms with Crippen LogP contribution in [0.25, 0.3) is 6.08 Å². The van der Waals surface area contributed by atoms with E-state index in [2.05, 4.69) is 5.32 Å². The quantitative estimate of drug-likeness (QED) is 0.341. The SMILES string of the molecule is COc1cc(/C=C/C(=O)OC(C)C(=O)c2ccc(CNC(C)=O)s2)ccc1OCC#N. The maximum Gasteiger partial charge on any atom is 0.331 e. The second-order valence-corrected chi connectivity index (χ2v) is 7.48. The largest absolute Gasteiger partial charge is 0.493 e. The highest BCUT2D eigenvalue weighted by Crippen LogP contribution is 2.28. The van der Waals surface area contributed by atoms with E-state index in [-0.39, 0.29) is 18.3 Å². The molecule has 0 bridgehead atoms. The fourth-order valence-electron chi connectivity index (χ4n) is 2.47. The van der Waals surface area contributed by atoms with Crippen LogP contribution in [0.5, 0.6) is 11.5 Å². The molecule has 1 heterocycles. The molecular weight excluding hydrogens is 420 g/mol. The molecule has 1 N–H and O–H groups in total. The van der Waals surface area contributed by atoms with Crippen LogP contribution in [0.2, 0.25) is 0 Å². The Balaban J connectivity index is 1.95. The van der Waals surface area contributed by atoms with Crippen LogP contribution in [0, 0.1) is 11.3 Å². The Bertz CT molecular complexity index is 1020. The van der Waals surface area contributed by atoms with Crippen LogP contribution in [0.1, 0.15) is 34.0 Å². The van der Waals surface area contributed by atoms with Crippen LogP contribution >= 0.6 is 11.3 Å². The number of rotatable bonds is 10. The zero-order valence-corrected chi connectivity index (χ0v) is 18.2. The van der Waals surface area contributed by atoms with E-state index in [1.54, 1.807) is 30.3 Å². The highest BCUT2D eigenvalue weighted by molar-refractivity contribution is 7.14. The Morgan fingerprint density at radius 1 is 1.23 bits per heavy atom. The van der Waals surface area contributed by atoms with E-state index >= 15 is 0 Å². The first-order chi connectivity index (χ1) is 14.8. The van der Waals surface area contributed by atoms with E-state index in [1.807, 2.05) is 6.07 Å². The van der Waals surface area contributed by atoms with Gasteiger partial charge in [0.25, 0.3) is 0 Å². The predicted octanol–water partition coefficient (Wildman–Crippen LogP) is 3.12. The van der Waals surface area contributed by atoms with Gasteiger partial charge in [0.1, 0.15) is 6.07 Å². The van der Waals surface area contributed by atoms with Gasteiger partial charge < -0.3 is 19.5 Å². The number of thiophene rings is 1. The minimum atomic E-state index is -0.958. The van der Waals surface area contributed by atoms with Gasteiger partial charge in [-0.3, -0.25) is 9.59 Å². The molecule has 0 saturated heterocycles. The number of methoxy groups -OCH3 is 1. The average Bonchev–Trinajstić information content (AvgIpc) is 3.23. The zero-order valence-electron chi connectivity index (χ0n) is 17.3. The summed E-state index contributed by atoms with van der Waals surface area (Å²) in [6.07, 6.45) is 1.78. The summed E-state index contributed by atoms with van der Waals surface area (Å²) >= 11 is 1.24. The topological polar surface area (TPSA) is 115 Å². The molecule has 1 amide bonds. The van der Waals surface area contributed by atoms with Crippen LogP contribution in [0.3, 0.4) is 0 Å². The van der Waals surface area contributed by atoms with Crippen molar-refractivity contribution in [1.29, 1.82) is 5.26 Å². The number of nitrogens with zero attached hydrogens (tertiary/aromatic N) is 1. The van der Waals surface area contributed by atoms with Gasteiger partial charge in [-0.1, -0.05) is 6.07 Å². The van der Waals surface area contributed by atoms with Gasteiger partial charge in [-0.05, 0) is 42.8 Å². The molecule has 2 rings (SSSR count). The number of ketones is 1. The predicted molar refractivity (Wildman–Crippen MR) is 115 cm³/mol. The number of hydrogen-bond acceptors (Lipinski definition) is 8. The molecule has 2 aromatic rings. The Morgan fingerprint density at radius 2 is 2.00 bits per heavy atom. The van der Waals surface area contributed by atoms with Crippen LogP contribution in [0.4, 0.5) is 0 Å². The normalized spacial score (nSPS) is 11.4. The molecule has 0 fully saturated rings. The number of carbonyl (C=O) groups excluding carboxylic acids is 3. The Kier molecular flexibility index (Phi) is 8.78. The van der Waals surface area contributed by atoms with E-state index in [0.717, 1.165) is 4.88 Å². The third-order valence-corrected chi connectivity index (χ3v) is 5.07. The maximum atomic E-state index is 12.5. The highest BCUT2D eigenvalue weighted by atomic mass is 32.1. The van der Waals surface area contributed by atoms with Gasteiger partial charge in [0, 0.05) is 17.9 Å². The van der Waals surface area contributed by atoms with Crippen molar-refractivity contribution in [2.75, 3.05) is 13.7 Å². The van der Waals surface area contributed by atoms with E-state index < -0.39 is 12.1 Å². The summed E-state index contributed by atoms with van der Waals surface area (Å²) in [6.45, 7) is 3.16. The second kappa shape index (κ2) is 11.5. The van der Waals surface area contributed by atoms with Crippen LogP contribution in [-0.2, 0) is 20.9 Å². The summed E-state index contributed by atoms with van der Waals surface area (Å²) < 4.78 is 15.7. The molecule has 8 nitrogen and oxygen atoms in total. The van der Waals surface area contributed by atoms with Crippen LogP contribution in [-0.4, -0.2) is 37.5 Å². The molecule has 1 atom stereocenters. The summed E-state index contributed by atoms with van der Waals surface area (Å²) in [5, 5.41) is 11.3. The lowest BCUT2D eigenvalue weighted by molar-refractivity contribution is -0.140. The number of amides is 1. The molecule has 0 spiro atoms. The van der Waals surface area contributed by atoms with Crippen molar-refractivity contribution < 1.29 is 28.6 Å². The van der Waals surface area contributed by atoms with E-state index in [0.29, 0.717) is 28.5 Å². The van der Waals surface area contributed by atoms with E-state index in [9.17, 15) is 14.4 Å². The molecule has 0 aliphatic rings. The fraction of sp³-hybridized carbons (Fsp3) is 0.273. The first-order valence-corrected chi connectivity index (χ1v) is 10.1. The van der Waals surface area contributed by atoms with Gasteiger partial charge in [-0.2, -0.15) is 5.26 Å². The lowest BCUT2D eigenvalue weighted by Crippen LogP contribution is -2.22. The summed E-state index contributed by atoms with van der Waals surface area (Å²) in [5.41, 5.74) is 0.651. The molecule has 1 unspecified atom stereocenters. The van der Waals surface area contributed by atoms with Crippen molar-refractivity contribution in [2.24, 2.45) is 0 Å². The van der Waals surface area contributed by atoms with Gasteiger partial charge in [0.05, 0.1) is 18.5 Å². The van der Waals surface area contributed by atoms with Crippen molar-refractivity contribution in [1.82, 2.24) is 5.32 Å². The average molecular weight is 442 g/mol. The van der Waals surface area contributed by atoms with Crippen molar-refractivity contribution in [2.45, 2.75) is 26.5 Å². The number of esters is 1. The lowest BCUT2D eigenvalue weighted by atomic mass is 10.2. The van der Waals surface area contributed by atoms with Gasteiger partial charge in [-0.15, -0.1) is 11.3 Å². The number of ether oxygens (including phenoxy) is 3. The molecule has 1 aromatic heterocycles. The maximum absolute atomic E-state index is 12.5. The monoisotopic (exact) mass is 442 g/mol. The minimum absolute atomic E-state index is 0.108. The molecule has 9 heteroatoms. The highest BCUT2D eigenvalue weighted by Gasteiger charge is 2.20. The third kappa shape index (κ3) is 7.28. The molecule has 162 valence electrons. The Hall–Kier alpha value is -3.64. The summed E-state index contributed by atoms with van der Waals surface area (Å²) in [4.78, 5) is 36.8. The van der Waals surface area contributed by atoms with Gasteiger partial charge in [0.2, 0.25) is 11.7 Å². The van der Waals surface area contributed by atoms with Crippen LogP contribution in [0.15, 0.2) is 36.4 Å². The molecule has 0 saturated carbocycles. The summed E-state index contributed by atoms with van der Waals surface area (Å²) in [6, 6.07) is 10.2.